The van der Waals surface area contributed by atoms with Crippen molar-refractivity contribution in [3.8, 4) is 0 Å². The summed E-state index contributed by atoms with van der Waals surface area (Å²) in [6.07, 6.45) is 0.714. The van der Waals surface area contributed by atoms with E-state index in [-0.39, 0.29) is 5.82 Å². The van der Waals surface area contributed by atoms with E-state index in [0.29, 0.717) is 17.3 Å². The van der Waals surface area contributed by atoms with Crippen LogP contribution in [0.5, 0.6) is 0 Å². The normalized spacial score (nSPS) is 10.5. The highest BCUT2D eigenvalue weighted by molar-refractivity contribution is 9.10. The molecule has 0 aliphatic carbocycles. The maximum absolute atomic E-state index is 13.6. The third-order valence-electron chi connectivity index (χ3n) is 1.70. The third kappa shape index (κ3) is 3.03. The third-order valence-corrected chi connectivity index (χ3v) is 3.15. The van der Waals surface area contributed by atoms with Gasteiger partial charge in [0.2, 0.25) is 0 Å². The molecule has 4 heteroatoms. The summed E-state index contributed by atoms with van der Waals surface area (Å²) in [7, 11) is 0. The molecule has 0 atom stereocenters. The molecular formula is C9H8Br3F. The van der Waals surface area contributed by atoms with Gasteiger partial charge in [0.1, 0.15) is 5.82 Å². The van der Waals surface area contributed by atoms with Gasteiger partial charge >= 0.3 is 0 Å². The zero-order valence-corrected chi connectivity index (χ0v) is 11.5. The molecule has 1 aromatic rings. The summed E-state index contributed by atoms with van der Waals surface area (Å²) in [4.78, 5) is 0. The van der Waals surface area contributed by atoms with E-state index in [0.717, 1.165) is 15.4 Å². The number of rotatable bonds is 3. The van der Waals surface area contributed by atoms with Crippen molar-refractivity contribution in [3.05, 3.63) is 33.5 Å². The predicted molar refractivity (Wildman–Crippen MR) is 64.2 cm³/mol. The van der Waals surface area contributed by atoms with Gasteiger partial charge in [-0.25, -0.2) is 4.39 Å². The molecule has 0 radical (unpaired) electrons. The molecule has 13 heavy (non-hydrogen) atoms. The zero-order valence-electron chi connectivity index (χ0n) is 6.79. The van der Waals surface area contributed by atoms with Gasteiger partial charge in [-0.3, -0.25) is 0 Å². The van der Waals surface area contributed by atoms with Crippen LogP contribution in [0.3, 0.4) is 0 Å². The van der Waals surface area contributed by atoms with E-state index in [2.05, 4.69) is 47.8 Å². The van der Waals surface area contributed by atoms with Crippen molar-refractivity contribution >= 4 is 47.8 Å². The lowest BCUT2D eigenvalue weighted by Crippen LogP contribution is -1.96. The van der Waals surface area contributed by atoms with Crippen molar-refractivity contribution in [2.24, 2.45) is 0 Å². The highest BCUT2D eigenvalue weighted by Crippen LogP contribution is 2.22. The first-order chi connectivity index (χ1) is 6.19. The summed E-state index contributed by atoms with van der Waals surface area (Å²) in [5.74, 6) is -0.0977. The molecule has 0 amide bonds. The fourth-order valence-corrected chi connectivity index (χ4v) is 2.48. The Morgan fingerprint density at radius 3 is 2.31 bits per heavy atom. The number of halogens is 4. The molecule has 0 N–H and O–H groups in total. The second-order valence-corrected chi connectivity index (χ2v) is 4.88. The summed E-state index contributed by atoms with van der Waals surface area (Å²) in [5.41, 5.74) is 1.45. The topological polar surface area (TPSA) is 0 Å². The van der Waals surface area contributed by atoms with Gasteiger partial charge in [0.15, 0.2) is 0 Å². The lowest BCUT2D eigenvalue weighted by molar-refractivity contribution is 0.602. The van der Waals surface area contributed by atoms with Gasteiger partial charge < -0.3 is 0 Å². The predicted octanol–water partition coefficient (Wildman–Crippen LogP) is 4.42. The Bertz CT molecular complexity index is 299. The fourth-order valence-electron chi connectivity index (χ4n) is 1.09. The monoisotopic (exact) mass is 372 g/mol. The van der Waals surface area contributed by atoms with Gasteiger partial charge in [0, 0.05) is 15.1 Å². The second kappa shape index (κ2) is 5.47. The van der Waals surface area contributed by atoms with Gasteiger partial charge in [-0.2, -0.15) is 0 Å². The molecule has 0 aromatic heterocycles. The molecule has 0 spiro atoms. The van der Waals surface area contributed by atoms with Crippen LogP contribution in [0.2, 0.25) is 0 Å². The molecule has 1 rings (SSSR count). The number of benzene rings is 1. The number of hydrogen-bond donors (Lipinski definition) is 0. The van der Waals surface area contributed by atoms with Crippen molar-refractivity contribution in [1.82, 2.24) is 0 Å². The molecule has 1 aromatic carbocycles. The fraction of sp³-hybridized carbons (Fsp3) is 0.333. The Hall–Kier alpha value is 0.590. The van der Waals surface area contributed by atoms with Crippen LogP contribution in [-0.4, -0.2) is 5.33 Å². The highest BCUT2D eigenvalue weighted by atomic mass is 79.9. The number of aryl methyl sites for hydroxylation is 1. The van der Waals surface area contributed by atoms with E-state index in [4.69, 9.17) is 0 Å². The van der Waals surface area contributed by atoms with Crippen LogP contribution in [0.25, 0.3) is 0 Å². The Morgan fingerprint density at radius 1 is 1.15 bits per heavy atom. The van der Waals surface area contributed by atoms with Crippen LogP contribution in [0.15, 0.2) is 16.6 Å². The first-order valence-electron chi connectivity index (χ1n) is 3.77. The average molecular weight is 375 g/mol. The van der Waals surface area contributed by atoms with Crippen molar-refractivity contribution < 1.29 is 4.39 Å². The molecule has 72 valence electrons. The summed E-state index contributed by atoms with van der Waals surface area (Å²) in [6, 6.07) is 3.62. The molecule has 0 aliphatic heterocycles. The van der Waals surface area contributed by atoms with Crippen LogP contribution in [0.1, 0.15) is 11.1 Å². The Labute approximate surface area is 102 Å². The van der Waals surface area contributed by atoms with Crippen LogP contribution in [0.4, 0.5) is 4.39 Å². The first-order valence-corrected chi connectivity index (χ1v) is 6.81. The van der Waals surface area contributed by atoms with Gasteiger partial charge in [-0.1, -0.05) is 47.8 Å². The maximum Gasteiger partial charge on any atom is 0.130 e. The Morgan fingerprint density at radius 2 is 1.77 bits per heavy atom. The SMILES string of the molecule is Fc1c(CBr)cc(Br)cc1CCBr. The van der Waals surface area contributed by atoms with Crippen LogP contribution in [0, 0.1) is 5.82 Å². The van der Waals surface area contributed by atoms with Crippen LogP contribution < -0.4 is 0 Å². The number of alkyl halides is 2. The van der Waals surface area contributed by atoms with Crippen LogP contribution >= 0.6 is 47.8 Å². The van der Waals surface area contributed by atoms with Crippen molar-refractivity contribution in [1.29, 1.82) is 0 Å². The van der Waals surface area contributed by atoms with Gasteiger partial charge in [0.25, 0.3) is 0 Å². The smallest absolute Gasteiger partial charge is 0.130 e. The van der Waals surface area contributed by atoms with Crippen molar-refractivity contribution in [2.75, 3.05) is 5.33 Å². The zero-order chi connectivity index (χ0) is 9.84. The molecular weight excluding hydrogens is 367 g/mol. The standard InChI is InChI=1S/C9H8Br3F/c10-2-1-6-3-8(12)4-7(5-11)9(6)13/h3-4H,1-2,5H2. The average Bonchev–Trinajstić information content (AvgIpc) is 2.11. The van der Waals surface area contributed by atoms with E-state index >= 15 is 0 Å². The van der Waals surface area contributed by atoms with E-state index in [1.807, 2.05) is 6.07 Å². The minimum atomic E-state index is -0.0977. The molecule has 0 heterocycles. The Balaban J connectivity index is 3.11. The molecule has 0 unspecified atom stereocenters. The lowest BCUT2D eigenvalue weighted by atomic mass is 10.1. The molecule has 0 saturated carbocycles. The molecule has 0 bridgehead atoms. The quantitative estimate of drug-likeness (QED) is 0.687. The summed E-state index contributed by atoms with van der Waals surface area (Å²) in [5, 5.41) is 1.33. The molecule has 0 saturated heterocycles. The minimum absolute atomic E-state index is 0.0977. The summed E-state index contributed by atoms with van der Waals surface area (Å²) < 4.78 is 14.5. The molecule has 0 aliphatic rings. The van der Waals surface area contributed by atoms with E-state index < -0.39 is 0 Å². The van der Waals surface area contributed by atoms with Crippen molar-refractivity contribution in [2.45, 2.75) is 11.8 Å². The lowest BCUT2D eigenvalue weighted by Gasteiger charge is -2.06. The van der Waals surface area contributed by atoms with Crippen LogP contribution in [-0.2, 0) is 11.8 Å². The summed E-state index contributed by atoms with van der Waals surface area (Å²) >= 11 is 9.91. The van der Waals surface area contributed by atoms with E-state index in [1.54, 1.807) is 6.07 Å². The summed E-state index contributed by atoms with van der Waals surface area (Å²) in [6.45, 7) is 0. The number of hydrogen-bond acceptors (Lipinski definition) is 0. The maximum atomic E-state index is 13.6. The highest BCUT2D eigenvalue weighted by Gasteiger charge is 2.08. The van der Waals surface area contributed by atoms with E-state index in [1.165, 1.54) is 0 Å². The van der Waals surface area contributed by atoms with Gasteiger partial charge in [-0.05, 0) is 29.7 Å². The largest absolute Gasteiger partial charge is 0.206 e. The minimum Gasteiger partial charge on any atom is -0.206 e. The van der Waals surface area contributed by atoms with Gasteiger partial charge in [0.05, 0.1) is 0 Å². The Kier molecular flexibility index (Phi) is 4.90. The first kappa shape index (κ1) is 11.7. The van der Waals surface area contributed by atoms with Gasteiger partial charge in [-0.15, -0.1) is 0 Å². The van der Waals surface area contributed by atoms with Crippen molar-refractivity contribution in [3.63, 3.8) is 0 Å². The second-order valence-electron chi connectivity index (χ2n) is 2.61. The van der Waals surface area contributed by atoms with E-state index in [9.17, 15) is 4.39 Å². The molecule has 0 fully saturated rings. The molecule has 0 nitrogen and oxygen atoms in total.